The van der Waals surface area contributed by atoms with Gasteiger partial charge in [0.2, 0.25) is 0 Å². The molecule has 0 spiro atoms. The predicted molar refractivity (Wildman–Crippen MR) is 107 cm³/mol. The highest BCUT2D eigenvalue weighted by Crippen LogP contribution is 2.09. The Balaban J connectivity index is 1.68. The van der Waals surface area contributed by atoms with Gasteiger partial charge in [0.05, 0.1) is 12.2 Å². The first-order chi connectivity index (χ1) is 13.7. The van der Waals surface area contributed by atoms with Crippen LogP contribution in [0.2, 0.25) is 0 Å². The summed E-state index contributed by atoms with van der Waals surface area (Å²) in [5.74, 6) is -0.544. The minimum Gasteiger partial charge on any atom is -0.345 e. The van der Waals surface area contributed by atoms with Crippen molar-refractivity contribution >= 4 is 11.8 Å². The molecule has 0 aliphatic rings. The number of pyridine rings is 2. The summed E-state index contributed by atoms with van der Waals surface area (Å²) in [5.41, 5.74) is 2.26. The number of nitrogens with zero attached hydrogens (tertiary/aromatic N) is 3. The SMILES string of the molecule is CCN(Cc1ccccc1)C(=O)c1cccc(C(=O)NCc2ccccn2)n1. The second kappa shape index (κ2) is 9.41. The highest BCUT2D eigenvalue weighted by Gasteiger charge is 2.18. The Kier molecular flexibility index (Phi) is 6.46. The van der Waals surface area contributed by atoms with E-state index in [2.05, 4.69) is 15.3 Å². The third-order valence-electron chi connectivity index (χ3n) is 4.24. The lowest BCUT2D eigenvalue weighted by molar-refractivity contribution is 0.0746. The molecular weight excluding hydrogens is 352 g/mol. The zero-order valence-corrected chi connectivity index (χ0v) is 15.7. The molecule has 2 heterocycles. The van der Waals surface area contributed by atoms with Crippen LogP contribution in [-0.4, -0.2) is 33.2 Å². The van der Waals surface area contributed by atoms with E-state index in [0.717, 1.165) is 11.3 Å². The summed E-state index contributed by atoms with van der Waals surface area (Å²) >= 11 is 0. The molecule has 2 aromatic heterocycles. The van der Waals surface area contributed by atoms with Crippen molar-refractivity contribution in [3.63, 3.8) is 0 Å². The van der Waals surface area contributed by atoms with E-state index in [4.69, 9.17) is 0 Å². The third-order valence-corrected chi connectivity index (χ3v) is 4.24. The molecule has 3 rings (SSSR count). The second-order valence-electron chi connectivity index (χ2n) is 6.22. The van der Waals surface area contributed by atoms with Gasteiger partial charge in [-0.25, -0.2) is 4.98 Å². The fourth-order valence-corrected chi connectivity index (χ4v) is 2.74. The summed E-state index contributed by atoms with van der Waals surface area (Å²) in [5, 5.41) is 2.78. The number of aromatic nitrogens is 2. The van der Waals surface area contributed by atoms with Crippen LogP contribution in [0.4, 0.5) is 0 Å². The third kappa shape index (κ3) is 5.01. The monoisotopic (exact) mass is 374 g/mol. The van der Waals surface area contributed by atoms with Crippen molar-refractivity contribution in [2.45, 2.75) is 20.0 Å². The molecule has 6 heteroatoms. The van der Waals surface area contributed by atoms with Crippen LogP contribution in [0.15, 0.2) is 72.9 Å². The van der Waals surface area contributed by atoms with Crippen molar-refractivity contribution in [1.29, 1.82) is 0 Å². The first-order valence-corrected chi connectivity index (χ1v) is 9.15. The first kappa shape index (κ1) is 19.2. The van der Waals surface area contributed by atoms with Gasteiger partial charge >= 0.3 is 0 Å². The van der Waals surface area contributed by atoms with Crippen molar-refractivity contribution in [3.8, 4) is 0 Å². The maximum atomic E-state index is 12.9. The van der Waals surface area contributed by atoms with Crippen LogP contribution < -0.4 is 5.32 Å². The summed E-state index contributed by atoms with van der Waals surface area (Å²) < 4.78 is 0. The van der Waals surface area contributed by atoms with Gasteiger partial charge in [0.25, 0.3) is 11.8 Å². The zero-order chi connectivity index (χ0) is 19.8. The Morgan fingerprint density at radius 1 is 0.929 bits per heavy atom. The molecule has 0 aliphatic carbocycles. The molecule has 0 radical (unpaired) electrons. The van der Waals surface area contributed by atoms with Gasteiger partial charge in [-0.15, -0.1) is 0 Å². The number of nitrogens with one attached hydrogen (secondary N) is 1. The highest BCUT2D eigenvalue weighted by molar-refractivity contribution is 5.96. The topological polar surface area (TPSA) is 75.2 Å². The highest BCUT2D eigenvalue weighted by atomic mass is 16.2. The largest absolute Gasteiger partial charge is 0.345 e. The van der Waals surface area contributed by atoms with E-state index in [1.165, 1.54) is 0 Å². The van der Waals surface area contributed by atoms with Crippen molar-refractivity contribution in [2.24, 2.45) is 0 Å². The van der Waals surface area contributed by atoms with Gasteiger partial charge in [0.15, 0.2) is 0 Å². The second-order valence-corrected chi connectivity index (χ2v) is 6.22. The average Bonchev–Trinajstić information content (AvgIpc) is 2.77. The molecular formula is C22H22N4O2. The summed E-state index contributed by atoms with van der Waals surface area (Å²) in [6.45, 7) is 3.26. The molecule has 0 saturated heterocycles. The Morgan fingerprint density at radius 3 is 2.39 bits per heavy atom. The molecule has 1 N–H and O–H groups in total. The Hall–Kier alpha value is -3.54. The number of hydrogen-bond donors (Lipinski definition) is 1. The number of carbonyl (C=O) groups is 2. The van der Waals surface area contributed by atoms with E-state index < -0.39 is 0 Å². The molecule has 142 valence electrons. The molecule has 0 aliphatic heterocycles. The molecule has 1 aromatic carbocycles. The first-order valence-electron chi connectivity index (χ1n) is 9.15. The lowest BCUT2D eigenvalue weighted by atomic mass is 10.2. The van der Waals surface area contributed by atoms with E-state index in [9.17, 15) is 9.59 Å². The fourth-order valence-electron chi connectivity index (χ4n) is 2.74. The summed E-state index contributed by atoms with van der Waals surface area (Å²) in [4.78, 5) is 35.4. The number of benzene rings is 1. The number of amides is 2. The lowest BCUT2D eigenvalue weighted by Crippen LogP contribution is -2.32. The zero-order valence-electron chi connectivity index (χ0n) is 15.7. The standard InChI is InChI=1S/C22H22N4O2/c1-2-26(16-17-9-4-3-5-10-17)22(28)20-13-8-12-19(25-20)21(27)24-15-18-11-6-7-14-23-18/h3-14H,2,15-16H2,1H3,(H,24,27). The van der Waals surface area contributed by atoms with Crippen LogP contribution in [0.25, 0.3) is 0 Å². The minimum atomic E-state index is -0.341. The van der Waals surface area contributed by atoms with Gasteiger partial charge in [-0.2, -0.15) is 0 Å². The summed E-state index contributed by atoms with van der Waals surface area (Å²) in [6, 6.07) is 20.2. The molecule has 0 atom stereocenters. The lowest BCUT2D eigenvalue weighted by Gasteiger charge is -2.20. The van der Waals surface area contributed by atoms with Gasteiger partial charge in [-0.05, 0) is 36.8 Å². The number of hydrogen-bond acceptors (Lipinski definition) is 4. The van der Waals surface area contributed by atoms with Crippen molar-refractivity contribution in [2.75, 3.05) is 6.54 Å². The molecule has 0 saturated carbocycles. The fraction of sp³-hybridized carbons (Fsp3) is 0.182. The van der Waals surface area contributed by atoms with Crippen LogP contribution in [0.1, 0.15) is 39.2 Å². The van der Waals surface area contributed by atoms with Crippen molar-refractivity contribution in [1.82, 2.24) is 20.2 Å². The average molecular weight is 374 g/mol. The molecule has 6 nitrogen and oxygen atoms in total. The van der Waals surface area contributed by atoms with Crippen LogP contribution in [-0.2, 0) is 13.1 Å². The van der Waals surface area contributed by atoms with E-state index in [1.54, 1.807) is 29.3 Å². The molecule has 0 fully saturated rings. The van der Waals surface area contributed by atoms with Crippen molar-refractivity contribution < 1.29 is 9.59 Å². The van der Waals surface area contributed by atoms with E-state index >= 15 is 0 Å². The van der Waals surface area contributed by atoms with Gasteiger partial charge in [0, 0.05) is 19.3 Å². The van der Waals surface area contributed by atoms with E-state index in [1.807, 2.05) is 55.5 Å². The maximum Gasteiger partial charge on any atom is 0.272 e. The van der Waals surface area contributed by atoms with Crippen LogP contribution in [0.5, 0.6) is 0 Å². The minimum absolute atomic E-state index is 0.203. The number of rotatable bonds is 7. The Bertz CT molecular complexity index is 930. The molecule has 2 amide bonds. The van der Waals surface area contributed by atoms with Crippen LogP contribution in [0.3, 0.4) is 0 Å². The molecule has 28 heavy (non-hydrogen) atoms. The van der Waals surface area contributed by atoms with Gasteiger partial charge < -0.3 is 10.2 Å². The maximum absolute atomic E-state index is 12.9. The van der Waals surface area contributed by atoms with Crippen molar-refractivity contribution in [3.05, 3.63) is 95.6 Å². The van der Waals surface area contributed by atoms with Gasteiger partial charge in [0.1, 0.15) is 11.4 Å². The Labute approximate surface area is 164 Å². The Morgan fingerprint density at radius 2 is 1.68 bits per heavy atom. The van der Waals surface area contributed by atoms with Gasteiger partial charge in [-0.3, -0.25) is 14.6 Å². The molecule has 0 bridgehead atoms. The van der Waals surface area contributed by atoms with Crippen LogP contribution in [0, 0.1) is 0 Å². The molecule has 0 unspecified atom stereocenters. The van der Waals surface area contributed by atoms with E-state index in [0.29, 0.717) is 19.6 Å². The predicted octanol–water partition coefficient (Wildman–Crippen LogP) is 3.07. The normalized spacial score (nSPS) is 10.3. The molecule has 3 aromatic rings. The summed E-state index contributed by atoms with van der Waals surface area (Å²) in [6.07, 6.45) is 1.67. The van der Waals surface area contributed by atoms with Crippen LogP contribution >= 0.6 is 0 Å². The van der Waals surface area contributed by atoms with Gasteiger partial charge in [-0.1, -0.05) is 42.5 Å². The summed E-state index contributed by atoms with van der Waals surface area (Å²) in [7, 11) is 0. The quantitative estimate of drug-likeness (QED) is 0.690. The van der Waals surface area contributed by atoms with E-state index in [-0.39, 0.29) is 23.2 Å². The smallest absolute Gasteiger partial charge is 0.272 e. The number of carbonyl (C=O) groups excluding carboxylic acids is 2.